The summed E-state index contributed by atoms with van der Waals surface area (Å²) in [5, 5.41) is 6.68. The zero-order valence-corrected chi connectivity index (χ0v) is 25.7. The molecule has 2 rings (SSSR count). The van der Waals surface area contributed by atoms with Crippen LogP contribution in [0.4, 0.5) is 4.79 Å². The highest BCUT2D eigenvalue weighted by molar-refractivity contribution is 7.91. The summed E-state index contributed by atoms with van der Waals surface area (Å²) < 4.78 is 30.4. The first kappa shape index (κ1) is 34.2. The number of likely N-dealkylation sites (tertiary alicyclic amines) is 1. The Labute approximate surface area is 243 Å². The highest BCUT2D eigenvalue weighted by Crippen LogP contribution is 2.31. The van der Waals surface area contributed by atoms with Crippen LogP contribution in [0, 0.1) is 5.92 Å². The molecule has 41 heavy (non-hydrogen) atoms. The van der Waals surface area contributed by atoms with Crippen LogP contribution in [-0.4, -0.2) is 91.2 Å². The predicted octanol–water partition coefficient (Wildman–Crippen LogP) is 1.63. The summed E-state index contributed by atoms with van der Waals surface area (Å²) in [7, 11) is -3.64. The minimum atomic E-state index is -3.64. The van der Waals surface area contributed by atoms with Crippen molar-refractivity contribution in [2.45, 2.75) is 108 Å². The quantitative estimate of drug-likeness (QED) is 0.225. The molecule has 1 heterocycles. The van der Waals surface area contributed by atoms with Crippen LogP contribution >= 0.6 is 0 Å². The average Bonchev–Trinajstić information content (AvgIpc) is 3.35. The molecule has 3 N–H and O–H groups in total. The number of carbonyl (C=O) groups is 5. The molecule has 0 spiro atoms. The number of sulfone groups is 1. The summed E-state index contributed by atoms with van der Waals surface area (Å²) in [5.41, 5.74) is -0.805. The topological polar surface area (TPSA) is 168 Å². The number of hydrogen-bond acceptors (Lipinski definition) is 8. The van der Waals surface area contributed by atoms with E-state index in [4.69, 9.17) is 4.74 Å². The number of rotatable bonds is 12. The SMILES string of the molecule is C=CCNC(=O)C(=O)C(CCC)NC(=O)[C@H]1CC(S(C)(=O)=O)CN1C(=O)[C@H](NC(=O)OC(C)(C)C)C1CCCCC1. The number of carbonyl (C=O) groups excluding carboxylic acids is 5. The Morgan fingerprint density at radius 3 is 2.24 bits per heavy atom. The minimum Gasteiger partial charge on any atom is -0.444 e. The molecule has 12 nitrogen and oxygen atoms in total. The second-order valence-corrected chi connectivity index (χ2v) is 14.3. The third kappa shape index (κ3) is 10.1. The number of Topliss-reactive ketones (excluding diaryl/α,β-unsaturated/α-hetero) is 1. The molecule has 1 saturated carbocycles. The van der Waals surface area contributed by atoms with Crippen molar-refractivity contribution < 1.29 is 37.1 Å². The van der Waals surface area contributed by atoms with Gasteiger partial charge in [-0.2, -0.15) is 0 Å². The lowest BCUT2D eigenvalue weighted by molar-refractivity contribution is -0.143. The van der Waals surface area contributed by atoms with E-state index in [0.717, 1.165) is 25.5 Å². The van der Waals surface area contributed by atoms with Crippen molar-refractivity contribution >= 4 is 39.4 Å². The van der Waals surface area contributed by atoms with E-state index in [-0.39, 0.29) is 31.8 Å². The molecular formula is C28H46N4O8S. The third-order valence-corrected chi connectivity index (χ3v) is 8.91. The zero-order valence-electron chi connectivity index (χ0n) is 24.9. The van der Waals surface area contributed by atoms with E-state index in [2.05, 4.69) is 22.5 Å². The molecule has 1 saturated heterocycles. The molecular weight excluding hydrogens is 552 g/mol. The average molecular weight is 599 g/mol. The first-order chi connectivity index (χ1) is 19.1. The van der Waals surface area contributed by atoms with Gasteiger partial charge in [-0.1, -0.05) is 38.7 Å². The summed E-state index contributed by atoms with van der Waals surface area (Å²) in [6, 6.07) is -3.38. The first-order valence-electron chi connectivity index (χ1n) is 14.3. The van der Waals surface area contributed by atoms with E-state index in [1.165, 1.54) is 11.0 Å². The molecule has 2 fully saturated rings. The van der Waals surface area contributed by atoms with Crippen molar-refractivity contribution in [2.24, 2.45) is 5.92 Å². The van der Waals surface area contributed by atoms with Crippen LogP contribution < -0.4 is 16.0 Å². The van der Waals surface area contributed by atoms with Crippen LogP contribution in [-0.2, 0) is 33.8 Å². The normalized spacial score (nSPS) is 21.3. The van der Waals surface area contributed by atoms with E-state index >= 15 is 0 Å². The second-order valence-electron chi connectivity index (χ2n) is 11.9. The fourth-order valence-corrected chi connectivity index (χ4v) is 6.26. The fraction of sp³-hybridized carbons (Fsp3) is 0.750. The minimum absolute atomic E-state index is 0.0749. The predicted molar refractivity (Wildman–Crippen MR) is 154 cm³/mol. The lowest BCUT2D eigenvalue weighted by atomic mass is 9.83. The molecule has 0 aromatic heterocycles. The number of amides is 4. The Hall–Kier alpha value is -2.96. The van der Waals surface area contributed by atoms with Gasteiger partial charge in [0.25, 0.3) is 5.91 Å². The Bertz CT molecular complexity index is 1090. The van der Waals surface area contributed by atoms with Gasteiger partial charge in [0.2, 0.25) is 17.6 Å². The molecule has 4 atom stereocenters. The number of nitrogens with zero attached hydrogens (tertiary/aromatic N) is 1. The summed E-state index contributed by atoms with van der Waals surface area (Å²) in [6.45, 7) is 10.2. The highest BCUT2D eigenvalue weighted by atomic mass is 32.2. The van der Waals surface area contributed by atoms with E-state index < -0.39 is 68.4 Å². The van der Waals surface area contributed by atoms with Gasteiger partial charge in [0.15, 0.2) is 9.84 Å². The molecule has 4 amide bonds. The van der Waals surface area contributed by atoms with Crippen molar-refractivity contribution in [3.63, 3.8) is 0 Å². The smallest absolute Gasteiger partial charge is 0.408 e. The molecule has 0 bridgehead atoms. The zero-order chi connectivity index (χ0) is 31.0. The number of alkyl carbamates (subject to hydrolysis) is 1. The highest BCUT2D eigenvalue weighted by Gasteiger charge is 2.47. The Kier molecular flexibility index (Phi) is 12.3. The van der Waals surface area contributed by atoms with E-state index in [1.54, 1.807) is 27.7 Å². The Morgan fingerprint density at radius 2 is 1.71 bits per heavy atom. The third-order valence-electron chi connectivity index (χ3n) is 7.35. The Morgan fingerprint density at radius 1 is 1.07 bits per heavy atom. The van der Waals surface area contributed by atoms with Gasteiger partial charge < -0.3 is 25.6 Å². The summed E-state index contributed by atoms with van der Waals surface area (Å²) >= 11 is 0. The van der Waals surface area contributed by atoms with Gasteiger partial charge in [-0.05, 0) is 52.4 Å². The second kappa shape index (κ2) is 14.8. The van der Waals surface area contributed by atoms with E-state index in [1.807, 2.05) is 0 Å². The molecule has 2 unspecified atom stereocenters. The molecule has 232 valence electrons. The van der Waals surface area contributed by atoms with E-state index in [0.29, 0.717) is 19.3 Å². The first-order valence-corrected chi connectivity index (χ1v) is 16.3. The van der Waals surface area contributed by atoms with Gasteiger partial charge in [-0.15, -0.1) is 6.58 Å². The van der Waals surface area contributed by atoms with Gasteiger partial charge >= 0.3 is 6.09 Å². The van der Waals surface area contributed by atoms with Crippen molar-refractivity contribution in [2.75, 3.05) is 19.3 Å². The maximum Gasteiger partial charge on any atom is 0.408 e. The van der Waals surface area contributed by atoms with Crippen molar-refractivity contribution in [1.82, 2.24) is 20.9 Å². The monoisotopic (exact) mass is 598 g/mol. The summed E-state index contributed by atoms with van der Waals surface area (Å²) in [5.74, 6) is -3.24. The largest absolute Gasteiger partial charge is 0.444 e. The van der Waals surface area contributed by atoms with Gasteiger partial charge in [-0.25, -0.2) is 13.2 Å². The Balaban J connectivity index is 2.36. The number of ether oxygens (including phenoxy) is 1. The van der Waals surface area contributed by atoms with Crippen molar-refractivity contribution in [3.05, 3.63) is 12.7 Å². The number of hydrogen-bond donors (Lipinski definition) is 3. The van der Waals surface area contributed by atoms with Gasteiger partial charge in [-0.3, -0.25) is 19.2 Å². The summed E-state index contributed by atoms with van der Waals surface area (Å²) in [4.78, 5) is 66.6. The molecule has 13 heteroatoms. The maximum atomic E-state index is 14.0. The number of ketones is 1. The van der Waals surface area contributed by atoms with Gasteiger partial charge in [0.05, 0.1) is 11.3 Å². The van der Waals surface area contributed by atoms with E-state index in [9.17, 15) is 32.4 Å². The molecule has 1 aliphatic carbocycles. The molecule has 1 aliphatic heterocycles. The standard InChI is InChI=1S/C28H46N4O8S/c1-7-12-20(23(33)25(35)29-15-8-2)30-24(34)21-16-19(41(6,38)39)17-32(21)26(36)22(18-13-10-9-11-14-18)31-27(37)40-28(3,4)5/h8,18-22H,2,7,9-17H2,1,3-6H3,(H,29,35)(H,30,34)(H,31,37)/t19?,20?,21-,22-/m1/s1. The summed E-state index contributed by atoms with van der Waals surface area (Å²) in [6.07, 6.45) is 6.27. The maximum absolute atomic E-state index is 14.0. The van der Waals surface area contributed by atoms with Crippen LogP contribution in [0.25, 0.3) is 0 Å². The van der Waals surface area contributed by atoms with Crippen LogP contribution in [0.5, 0.6) is 0 Å². The lowest BCUT2D eigenvalue weighted by Gasteiger charge is -2.35. The molecule has 0 radical (unpaired) electrons. The van der Waals surface area contributed by atoms with Crippen LogP contribution in [0.2, 0.25) is 0 Å². The molecule has 0 aromatic carbocycles. The number of nitrogens with one attached hydrogen (secondary N) is 3. The molecule has 2 aliphatic rings. The van der Waals surface area contributed by atoms with Crippen molar-refractivity contribution in [3.8, 4) is 0 Å². The van der Waals surface area contributed by atoms with Gasteiger partial charge in [0, 0.05) is 19.3 Å². The fourth-order valence-electron chi connectivity index (χ4n) is 5.30. The lowest BCUT2D eigenvalue weighted by Crippen LogP contribution is -2.58. The van der Waals surface area contributed by atoms with Crippen molar-refractivity contribution in [1.29, 1.82) is 0 Å². The van der Waals surface area contributed by atoms with Crippen LogP contribution in [0.15, 0.2) is 12.7 Å². The molecule has 0 aromatic rings. The van der Waals surface area contributed by atoms with Crippen LogP contribution in [0.3, 0.4) is 0 Å². The van der Waals surface area contributed by atoms with Gasteiger partial charge in [0.1, 0.15) is 17.7 Å². The van der Waals surface area contributed by atoms with Crippen LogP contribution in [0.1, 0.15) is 79.1 Å².